The minimum atomic E-state index is -0.244. The largest absolute Gasteiger partial charge is 0.496 e. The van der Waals surface area contributed by atoms with Crippen molar-refractivity contribution in [2.75, 3.05) is 38.8 Å². The SMILES string of the molecule is COc1cccc(OC)c1C(=O)NCC1CCN(c2nc(Cc3ccc(F)cc3)ns2)CC1. The lowest BCUT2D eigenvalue weighted by atomic mass is 9.97. The minimum Gasteiger partial charge on any atom is -0.496 e. The highest BCUT2D eigenvalue weighted by Crippen LogP contribution is 2.29. The van der Waals surface area contributed by atoms with Crippen LogP contribution in [0, 0.1) is 11.7 Å². The van der Waals surface area contributed by atoms with Gasteiger partial charge in [-0.05, 0) is 48.6 Å². The monoisotopic (exact) mass is 470 g/mol. The maximum Gasteiger partial charge on any atom is 0.258 e. The number of nitrogens with zero attached hydrogens (tertiary/aromatic N) is 3. The average Bonchev–Trinajstić information content (AvgIpc) is 3.32. The minimum absolute atomic E-state index is 0.193. The standard InChI is InChI=1S/C24H27FN4O3S/c1-31-19-4-3-5-20(32-2)22(19)23(30)26-15-17-10-12-29(13-11-17)24-27-21(28-33-24)14-16-6-8-18(25)9-7-16/h3-9,17H,10-15H2,1-2H3,(H,26,30). The smallest absolute Gasteiger partial charge is 0.258 e. The lowest BCUT2D eigenvalue weighted by molar-refractivity contribution is 0.0938. The van der Waals surface area contributed by atoms with Crippen LogP contribution in [0.25, 0.3) is 0 Å². The van der Waals surface area contributed by atoms with Crippen LogP contribution in [0.3, 0.4) is 0 Å². The van der Waals surface area contributed by atoms with Gasteiger partial charge in [0.25, 0.3) is 5.91 Å². The highest BCUT2D eigenvalue weighted by molar-refractivity contribution is 7.09. The molecule has 33 heavy (non-hydrogen) atoms. The molecule has 9 heteroatoms. The van der Waals surface area contributed by atoms with Gasteiger partial charge in [-0.3, -0.25) is 4.79 Å². The number of hydrogen-bond acceptors (Lipinski definition) is 7. The van der Waals surface area contributed by atoms with E-state index in [-0.39, 0.29) is 11.7 Å². The summed E-state index contributed by atoms with van der Waals surface area (Å²) in [6.45, 7) is 2.33. The summed E-state index contributed by atoms with van der Waals surface area (Å²) in [5.74, 6) is 1.69. The molecule has 1 amide bonds. The molecular formula is C24H27FN4O3S. The summed E-state index contributed by atoms with van der Waals surface area (Å²) in [6, 6.07) is 11.7. The van der Waals surface area contributed by atoms with Crippen molar-refractivity contribution >= 4 is 22.6 Å². The average molecular weight is 471 g/mol. The van der Waals surface area contributed by atoms with Crippen molar-refractivity contribution < 1.29 is 18.7 Å². The number of carbonyl (C=O) groups excluding carboxylic acids is 1. The van der Waals surface area contributed by atoms with Gasteiger partial charge in [-0.15, -0.1) is 0 Å². The molecule has 0 spiro atoms. The van der Waals surface area contributed by atoms with E-state index in [1.165, 1.54) is 23.7 Å². The lowest BCUT2D eigenvalue weighted by Crippen LogP contribution is -2.38. The van der Waals surface area contributed by atoms with E-state index in [2.05, 4.69) is 19.6 Å². The Morgan fingerprint density at radius 3 is 2.42 bits per heavy atom. The van der Waals surface area contributed by atoms with Gasteiger partial charge in [-0.2, -0.15) is 4.37 Å². The van der Waals surface area contributed by atoms with E-state index in [1.54, 1.807) is 44.6 Å². The van der Waals surface area contributed by atoms with E-state index in [9.17, 15) is 9.18 Å². The van der Waals surface area contributed by atoms with Crippen LogP contribution in [0.4, 0.5) is 9.52 Å². The van der Waals surface area contributed by atoms with Gasteiger partial charge in [0.05, 0.1) is 14.2 Å². The van der Waals surface area contributed by atoms with Crippen LogP contribution in [-0.4, -0.2) is 49.1 Å². The van der Waals surface area contributed by atoms with Crippen molar-refractivity contribution in [3.05, 3.63) is 65.2 Å². The zero-order valence-electron chi connectivity index (χ0n) is 18.7. The van der Waals surface area contributed by atoms with Gasteiger partial charge in [0.15, 0.2) is 0 Å². The molecule has 0 bridgehead atoms. The molecule has 1 aromatic heterocycles. The quantitative estimate of drug-likeness (QED) is 0.538. The van der Waals surface area contributed by atoms with E-state index >= 15 is 0 Å². The number of benzene rings is 2. The third-order valence-electron chi connectivity index (χ3n) is 5.82. The molecular weight excluding hydrogens is 443 g/mol. The van der Waals surface area contributed by atoms with Crippen LogP contribution in [0.1, 0.15) is 34.6 Å². The first-order valence-electron chi connectivity index (χ1n) is 10.9. The number of hydrogen-bond donors (Lipinski definition) is 1. The third-order valence-corrected chi connectivity index (χ3v) is 6.64. The van der Waals surface area contributed by atoms with Gasteiger partial charge in [0.2, 0.25) is 5.13 Å². The number of rotatable bonds is 8. The Bertz CT molecular complexity index is 1060. The Hall–Kier alpha value is -3.20. The Balaban J connectivity index is 1.28. The van der Waals surface area contributed by atoms with Crippen molar-refractivity contribution in [2.45, 2.75) is 19.3 Å². The van der Waals surface area contributed by atoms with Crippen molar-refractivity contribution in [3.63, 3.8) is 0 Å². The van der Waals surface area contributed by atoms with E-state index in [1.807, 2.05) is 0 Å². The number of nitrogens with one attached hydrogen (secondary N) is 1. The van der Waals surface area contributed by atoms with Gasteiger partial charge in [0, 0.05) is 37.6 Å². The second-order valence-corrected chi connectivity index (χ2v) is 8.70. The first kappa shape index (κ1) is 23.0. The number of carbonyl (C=O) groups is 1. The maximum absolute atomic E-state index is 13.1. The van der Waals surface area contributed by atoms with Crippen LogP contribution in [0.5, 0.6) is 11.5 Å². The molecule has 2 aromatic carbocycles. The van der Waals surface area contributed by atoms with Crippen molar-refractivity contribution in [1.29, 1.82) is 0 Å². The highest BCUT2D eigenvalue weighted by atomic mass is 32.1. The third kappa shape index (κ3) is 5.60. The molecule has 0 atom stereocenters. The molecule has 1 saturated heterocycles. The number of methoxy groups -OCH3 is 2. The molecule has 0 unspecified atom stereocenters. The van der Waals surface area contributed by atoms with Crippen LogP contribution < -0.4 is 19.7 Å². The summed E-state index contributed by atoms with van der Waals surface area (Å²) in [4.78, 5) is 19.7. The van der Waals surface area contributed by atoms with Crippen molar-refractivity contribution in [2.24, 2.45) is 5.92 Å². The van der Waals surface area contributed by atoms with E-state index < -0.39 is 0 Å². The molecule has 1 aliphatic heterocycles. The van der Waals surface area contributed by atoms with Crippen LogP contribution >= 0.6 is 11.5 Å². The Labute approximate surface area is 196 Å². The summed E-state index contributed by atoms with van der Waals surface area (Å²) in [7, 11) is 3.08. The predicted molar refractivity (Wildman–Crippen MR) is 126 cm³/mol. The van der Waals surface area contributed by atoms with Crippen LogP contribution in [-0.2, 0) is 6.42 Å². The molecule has 0 radical (unpaired) electrons. The number of amides is 1. The highest BCUT2D eigenvalue weighted by Gasteiger charge is 2.24. The summed E-state index contributed by atoms with van der Waals surface area (Å²) in [6.07, 6.45) is 2.50. The number of anilines is 1. The molecule has 3 aromatic rings. The zero-order chi connectivity index (χ0) is 23.2. The first-order chi connectivity index (χ1) is 16.1. The maximum atomic E-state index is 13.1. The second kappa shape index (κ2) is 10.6. The molecule has 0 aliphatic carbocycles. The van der Waals surface area contributed by atoms with Gasteiger partial charge in [-0.25, -0.2) is 9.37 Å². The summed E-state index contributed by atoms with van der Waals surface area (Å²) in [5, 5.41) is 3.95. The van der Waals surface area contributed by atoms with Gasteiger partial charge in [0.1, 0.15) is 28.7 Å². The van der Waals surface area contributed by atoms with Gasteiger partial charge >= 0.3 is 0 Å². The molecule has 1 aliphatic rings. The van der Waals surface area contributed by atoms with Crippen molar-refractivity contribution in [3.8, 4) is 11.5 Å². The molecule has 4 rings (SSSR count). The molecule has 174 valence electrons. The Kier molecular flexibility index (Phi) is 7.39. The fourth-order valence-electron chi connectivity index (χ4n) is 3.96. The van der Waals surface area contributed by atoms with Crippen LogP contribution in [0.2, 0.25) is 0 Å². The Morgan fingerprint density at radius 2 is 1.79 bits per heavy atom. The number of piperidine rings is 1. The van der Waals surface area contributed by atoms with Gasteiger partial charge in [-0.1, -0.05) is 18.2 Å². The molecule has 1 fully saturated rings. The topological polar surface area (TPSA) is 76.6 Å². The van der Waals surface area contributed by atoms with Crippen molar-refractivity contribution in [1.82, 2.24) is 14.7 Å². The fraction of sp³-hybridized carbons (Fsp3) is 0.375. The number of aromatic nitrogens is 2. The first-order valence-corrected chi connectivity index (χ1v) is 11.7. The second-order valence-electron chi connectivity index (χ2n) is 7.97. The number of ether oxygens (including phenoxy) is 2. The lowest BCUT2D eigenvalue weighted by Gasteiger charge is -2.31. The summed E-state index contributed by atoms with van der Waals surface area (Å²) >= 11 is 1.40. The van der Waals surface area contributed by atoms with E-state index in [4.69, 9.17) is 9.47 Å². The van der Waals surface area contributed by atoms with Gasteiger partial charge < -0.3 is 19.7 Å². The summed E-state index contributed by atoms with van der Waals surface area (Å²) < 4.78 is 28.2. The van der Waals surface area contributed by atoms with E-state index in [0.29, 0.717) is 35.9 Å². The molecule has 0 saturated carbocycles. The number of halogens is 1. The van der Waals surface area contributed by atoms with Crippen LogP contribution in [0.15, 0.2) is 42.5 Å². The Morgan fingerprint density at radius 1 is 1.12 bits per heavy atom. The zero-order valence-corrected chi connectivity index (χ0v) is 19.5. The fourth-order valence-corrected chi connectivity index (χ4v) is 4.70. The molecule has 7 nitrogen and oxygen atoms in total. The normalized spacial score (nSPS) is 14.2. The van der Waals surface area contributed by atoms with E-state index in [0.717, 1.165) is 42.5 Å². The molecule has 2 heterocycles. The predicted octanol–water partition coefficient (Wildman–Crippen LogP) is 3.93. The summed E-state index contributed by atoms with van der Waals surface area (Å²) in [5.41, 5.74) is 1.41. The molecule has 1 N–H and O–H groups in total.